The van der Waals surface area contributed by atoms with Crippen molar-refractivity contribution >= 4 is 33.9 Å². The number of aromatic nitrogens is 3. The summed E-state index contributed by atoms with van der Waals surface area (Å²) < 4.78 is 10.4. The number of hydrogen-bond donors (Lipinski definition) is 1. The second kappa shape index (κ2) is 6.93. The molecule has 0 atom stereocenters. The number of ether oxygens (including phenoxy) is 1. The van der Waals surface area contributed by atoms with Gasteiger partial charge in [0.15, 0.2) is 0 Å². The lowest BCUT2D eigenvalue weighted by Crippen LogP contribution is -2.06. The minimum atomic E-state index is 0.427. The minimum absolute atomic E-state index is 0.427. The van der Waals surface area contributed by atoms with Gasteiger partial charge >= 0.3 is 0 Å². The van der Waals surface area contributed by atoms with Gasteiger partial charge in [0.1, 0.15) is 41.4 Å². The molecule has 1 N–H and O–H groups in total. The molecule has 0 fully saturated rings. The molecule has 3 rings (SSSR count). The van der Waals surface area contributed by atoms with Gasteiger partial charge in [-0.3, -0.25) is 0 Å². The van der Waals surface area contributed by atoms with Crippen molar-refractivity contribution in [2.75, 3.05) is 13.2 Å². The summed E-state index contributed by atoms with van der Waals surface area (Å²) in [6, 6.07) is 7.79. The van der Waals surface area contributed by atoms with E-state index in [9.17, 15) is 5.26 Å². The molecule has 0 aliphatic carbocycles. The Morgan fingerprint density at radius 2 is 2.22 bits per heavy atom. The molecule has 2 aromatic heterocycles. The van der Waals surface area contributed by atoms with E-state index in [1.165, 1.54) is 0 Å². The Hall–Kier alpha value is -2.18. The zero-order chi connectivity index (χ0) is 16.2. The van der Waals surface area contributed by atoms with Crippen LogP contribution < -0.4 is 4.74 Å². The number of aromatic amines is 1. The van der Waals surface area contributed by atoms with Crippen LogP contribution in [0.2, 0.25) is 0 Å². The van der Waals surface area contributed by atoms with Crippen LogP contribution in [0.5, 0.6) is 5.88 Å². The molecule has 0 aliphatic rings. The van der Waals surface area contributed by atoms with Crippen LogP contribution in [-0.4, -0.2) is 28.2 Å². The first-order chi connectivity index (χ1) is 11.2. The van der Waals surface area contributed by atoms with E-state index in [1.54, 1.807) is 12.3 Å². The highest BCUT2D eigenvalue weighted by Crippen LogP contribution is 2.29. The Labute approximate surface area is 147 Å². The van der Waals surface area contributed by atoms with Crippen molar-refractivity contribution in [3.8, 4) is 23.2 Å². The molecule has 23 heavy (non-hydrogen) atoms. The van der Waals surface area contributed by atoms with Gasteiger partial charge in [0.05, 0.1) is 29.6 Å². The number of H-pyrrole nitrogens is 1. The lowest BCUT2D eigenvalue weighted by Gasteiger charge is -2.07. The molecule has 0 aliphatic heterocycles. The fourth-order valence-corrected chi connectivity index (χ4v) is 2.55. The van der Waals surface area contributed by atoms with Crippen LogP contribution >= 0.6 is 23.0 Å². The fraction of sp³-hybridized carbons (Fsp3) is 0.188. The highest BCUT2D eigenvalue weighted by atomic mass is 127. The summed E-state index contributed by atoms with van der Waals surface area (Å²) in [5, 5.41) is 10.1. The number of nitriles is 1. The predicted octanol–water partition coefficient (Wildman–Crippen LogP) is 3.55. The van der Waals surface area contributed by atoms with Gasteiger partial charge in [-0.15, -0.1) is 0 Å². The van der Waals surface area contributed by atoms with E-state index in [0.717, 1.165) is 22.2 Å². The standard InChI is InChI=1S/C16H13IN4O2/c1-10-16(22-5-6-23-17)20-9-14(21-10)13-8-19-15-11(7-18)3-2-4-12(13)15/h2-4,8-9,19H,5-6H2,1H3. The van der Waals surface area contributed by atoms with E-state index in [0.29, 0.717) is 30.4 Å². The Kier molecular flexibility index (Phi) is 4.73. The van der Waals surface area contributed by atoms with Crippen molar-refractivity contribution in [1.82, 2.24) is 15.0 Å². The average molecular weight is 420 g/mol. The fourth-order valence-electron chi connectivity index (χ4n) is 2.37. The molecule has 0 spiro atoms. The molecule has 0 saturated carbocycles. The topological polar surface area (TPSA) is 83.8 Å². The van der Waals surface area contributed by atoms with Crippen LogP contribution in [-0.2, 0) is 3.07 Å². The van der Waals surface area contributed by atoms with Gasteiger partial charge in [0.2, 0.25) is 5.88 Å². The Balaban J connectivity index is 1.97. The zero-order valence-electron chi connectivity index (χ0n) is 12.3. The highest BCUT2D eigenvalue weighted by molar-refractivity contribution is 14.1. The van der Waals surface area contributed by atoms with Gasteiger partial charge in [-0.1, -0.05) is 12.1 Å². The van der Waals surface area contributed by atoms with Crippen LogP contribution in [0.4, 0.5) is 0 Å². The van der Waals surface area contributed by atoms with E-state index in [2.05, 4.69) is 21.0 Å². The smallest absolute Gasteiger partial charge is 0.235 e. The van der Waals surface area contributed by atoms with Crippen LogP contribution in [0.25, 0.3) is 22.2 Å². The van der Waals surface area contributed by atoms with Gasteiger partial charge in [-0.2, -0.15) is 5.26 Å². The number of fused-ring (bicyclic) bond motifs is 1. The number of nitrogens with one attached hydrogen (secondary N) is 1. The molecular formula is C16H13IN4O2. The third-order valence-electron chi connectivity index (χ3n) is 3.41. The maximum absolute atomic E-state index is 9.17. The summed E-state index contributed by atoms with van der Waals surface area (Å²) in [5.74, 6) is 0.500. The van der Waals surface area contributed by atoms with E-state index in [1.807, 2.05) is 48.3 Å². The lowest BCUT2D eigenvalue weighted by molar-refractivity contribution is 0.246. The monoisotopic (exact) mass is 420 g/mol. The number of rotatable bonds is 5. The van der Waals surface area contributed by atoms with Crippen molar-refractivity contribution in [2.24, 2.45) is 0 Å². The van der Waals surface area contributed by atoms with E-state index < -0.39 is 0 Å². The first-order valence-corrected chi connectivity index (χ1v) is 7.83. The zero-order valence-corrected chi connectivity index (χ0v) is 14.5. The summed E-state index contributed by atoms with van der Waals surface area (Å²) in [6.45, 7) is 2.77. The minimum Gasteiger partial charge on any atom is -0.474 e. The molecule has 2 heterocycles. The molecule has 6 nitrogen and oxygen atoms in total. The van der Waals surface area contributed by atoms with Crippen LogP contribution in [0, 0.1) is 18.3 Å². The molecule has 0 radical (unpaired) electrons. The lowest BCUT2D eigenvalue weighted by atomic mass is 10.1. The molecule has 0 saturated heterocycles. The van der Waals surface area contributed by atoms with Gasteiger partial charge in [0.25, 0.3) is 0 Å². The molecule has 0 amide bonds. The SMILES string of the molecule is Cc1nc(-c2c[nH]c3c(C#N)cccc23)cnc1OCCOI. The third-order valence-corrected chi connectivity index (χ3v) is 3.85. The second-order valence-electron chi connectivity index (χ2n) is 4.85. The Morgan fingerprint density at radius 1 is 1.35 bits per heavy atom. The van der Waals surface area contributed by atoms with E-state index >= 15 is 0 Å². The van der Waals surface area contributed by atoms with Crippen LogP contribution in [0.15, 0.2) is 30.6 Å². The molecule has 1 aromatic carbocycles. The molecular weight excluding hydrogens is 407 g/mol. The van der Waals surface area contributed by atoms with Crippen LogP contribution in [0.1, 0.15) is 11.3 Å². The van der Waals surface area contributed by atoms with E-state index in [-0.39, 0.29) is 0 Å². The van der Waals surface area contributed by atoms with Crippen molar-refractivity contribution in [1.29, 1.82) is 5.26 Å². The van der Waals surface area contributed by atoms with Crippen LogP contribution in [0.3, 0.4) is 0 Å². The number of hydrogen-bond acceptors (Lipinski definition) is 5. The van der Waals surface area contributed by atoms with Gasteiger partial charge < -0.3 is 12.8 Å². The Bertz CT molecular complexity index is 885. The molecule has 116 valence electrons. The number of benzene rings is 1. The molecule has 0 bridgehead atoms. The number of aryl methyl sites for hydroxylation is 1. The van der Waals surface area contributed by atoms with Crippen molar-refractivity contribution in [3.05, 3.63) is 41.9 Å². The van der Waals surface area contributed by atoms with Gasteiger partial charge in [-0.25, -0.2) is 9.97 Å². The molecule has 0 unspecified atom stereocenters. The predicted molar refractivity (Wildman–Crippen MR) is 94.2 cm³/mol. The molecule has 3 aromatic rings. The maximum Gasteiger partial charge on any atom is 0.235 e. The highest BCUT2D eigenvalue weighted by Gasteiger charge is 2.12. The first kappa shape index (κ1) is 15.7. The number of nitrogens with zero attached hydrogens (tertiary/aromatic N) is 3. The number of halogens is 1. The van der Waals surface area contributed by atoms with Crippen molar-refractivity contribution < 1.29 is 7.80 Å². The quantitative estimate of drug-likeness (QED) is 0.504. The van der Waals surface area contributed by atoms with Crippen molar-refractivity contribution in [3.63, 3.8) is 0 Å². The summed E-state index contributed by atoms with van der Waals surface area (Å²) in [7, 11) is 0. The summed E-state index contributed by atoms with van der Waals surface area (Å²) in [6.07, 6.45) is 3.52. The summed E-state index contributed by atoms with van der Waals surface area (Å²) in [4.78, 5) is 12.0. The average Bonchev–Trinajstić information content (AvgIpc) is 3.00. The van der Waals surface area contributed by atoms with Gasteiger partial charge in [-0.05, 0) is 13.0 Å². The first-order valence-electron chi connectivity index (χ1n) is 6.95. The summed E-state index contributed by atoms with van der Waals surface area (Å²) in [5.41, 5.74) is 3.78. The van der Waals surface area contributed by atoms with Crippen molar-refractivity contribution in [2.45, 2.75) is 6.92 Å². The number of para-hydroxylation sites is 1. The largest absolute Gasteiger partial charge is 0.474 e. The normalized spacial score (nSPS) is 10.7. The molecule has 7 heteroatoms. The summed E-state index contributed by atoms with van der Waals surface area (Å²) >= 11 is 1.82. The van der Waals surface area contributed by atoms with E-state index in [4.69, 9.17) is 7.80 Å². The Morgan fingerprint density at radius 3 is 2.96 bits per heavy atom. The second-order valence-corrected chi connectivity index (χ2v) is 5.47. The third kappa shape index (κ3) is 3.13. The maximum atomic E-state index is 9.17. The van der Waals surface area contributed by atoms with Gasteiger partial charge in [0, 0.05) is 17.1 Å².